The van der Waals surface area contributed by atoms with Crippen LogP contribution in [0.2, 0.25) is 0 Å². The van der Waals surface area contributed by atoms with Gasteiger partial charge in [-0.1, -0.05) is 12.1 Å². The maximum absolute atomic E-state index is 13.7. The number of tetrazole rings is 1. The molecule has 4 rings (SSSR count). The highest BCUT2D eigenvalue weighted by Gasteiger charge is 2.35. The molecule has 2 aromatic carbocycles. The van der Waals surface area contributed by atoms with Gasteiger partial charge in [-0.2, -0.15) is 4.80 Å². The fraction of sp³-hybridized carbons (Fsp3) is 0.269. The first-order chi connectivity index (χ1) is 17.5. The molecule has 0 radical (unpaired) electrons. The van der Waals surface area contributed by atoms with Gasteiger partial charge >= 0.3 is 0 Å². The van der Waals surface area contributed by atoms with E-state index in [9.17, 15) is 18.4 Å². The fourth-order valence-corrected chi connectivity index (χ4v) is 3.70. The molecule has 9 nitrogen and oxygen atoms in total. The van der Waals surface area contributed by atoms with E-state index in [1.165, 1.54) is 53.4 Å². The Balaban J connectivity index is 1.74. The van der Waals surface area contributed by atoms with Crippen molar-refractivity contribution in [3.8, 4) is 11.6 Å². The van der Waals surface area contributed by atoms with Gasteiger partial charge in [-0.25, -0.2) is 8.78 Å². The summed E-state index contributed by atoms with van der Waals surface area (Å²) in [7, 11) is 0. The molecule has 0 fully saturated rings. The predicted octanol–water partition coefficient (Wildman–Crippen LogP) is 4.21. The largest absolute Gasteiger partial charge is 0.458 e. The number of benzene rings is 2. The van der Waals surface area contributed by atoms with Crippen molar-refractivity contribution in [2.75, 3.05) is 4.90 Å². The maximum Gasteiger partial charge on any atom is 0.251 e. The average Bonchev–Trinajstić information content (AvgIpc) is 3.46. The molecule has 0 aliphatic rings. The zero-order valence-corrected chi connectivity index (χ0v) is 20.8. The number of nitrogens with one attached hydrogen (secondary N) is 1. The lowest BCUT2D eigenvalue weighted by Crippen LogP contribution is -2.50. The molecule has 1 atom stereocenters. The summed E-state index contributed by atoms with van der Waals surface area (Å²) in [5.41, 5.74) is -0.0120. The molecular formula is C26H26F2N6O3. The number of rotatable bonds is 7. The van der Waals surface area contributed by atoms with Crippen LogP contribution in [0.1, 0.15) is 38.1 Å². The zero-order chi connectivity index (χ0) is 26.7. The van der Waals surface area contributed by atoms with Crippen LogP contribution in [0.5, 0.6) is 0 Å². The van der Waals surface area contributed by atoms with Crippen LogP contribution < -0.4 is 10.2 Å². The monoisotopic (exact) mass is 508 g/mol. The summed E-state index contributed by atoms with van der Waals surface area (Å²) in [5, 5.41) is 15.0. The van der Waals surface area contributed by atoms with E-state index < -0.39 is 35.0 Å². The van der Waals surface area contributed by atoms with Gasteiger partial charge in [0.1, 0.15) is 30.0 Å². The standard InChI is InChI=1S/C26H26F2N6O3/c1-16-5-14-21(37-16)24-30-32-33(31-24)15-22(35)34(20-12-10-19(28)11-13-20)23(25(36)29-26(2,3)4)17-6-8-18(27)9-7-17/h5-14,23H,15H2,1-4H3,(H,29,36)/t23-/m1/s1. The second-order valence-electron chi connectivity index (χ2n) is 9.49. The van der Waals surface area contributed by atoms with E-state index >= 15 is 0 Å². The van der Waals surface area contributed by atoms with E-state index in [1.807, 2.05) is 0 Å². The number of carbonyl (C=O) groups excluding carboxylic acids is 2. The van der Waals surface area contributed by atoms with Crippen LogP contribution in [-0.4, -0.2) is 37.6 Å². The van der Waals surface area contributed by atoms with Crippen molar-refractivity contribution in [1.82, 2.24) is 25.5 Å². The Morgan fingerprint density at radius 2 is 1.62 bits per heavy atom. The molecule has 4 aromatic rings. The summed E-state index contributed by atoms with van der Waals surface area (Å²) in [6.07, 6.45) is 0. The van der Waals surface area contributed by atoms with Gasteiger partial charge < -0.3 is 9.73 Å². The Morgan fingerprint density at radius 1 is 1.00 bits per heavy atom. The summed E-state index contributed by atoms with van der Waals surface area (Å²) in [6, 6.07) is 12.6. The molecule has 0 spiro atoms. The number of amides is 2. The van der Waals surface area contributed by atoms with E-state index in [1.54, 1.807) is 39.8 Å². The summed E-state index contributed by atoms with van der Waals surface area (Å²) in [5.74, 6) is -0.845. The van der Waals surface area contributed by atoms with Crippen LogP contribution in [0.25, 0.3) is 11.6 Å². The Morgan fingerprint density at radius 3 is 2.19 bits per heavy atom. The van der Waals surface area contributed by atoms with Crippen LogP contribution in [0.4, 0.5) is 14.5 Å². The summed E-state index contributed by atoms with van der Waals surface area (Å²) < 4.78 is 33.0. The van der Waals surface area contributed by atoms with Crippen molar-refractivity contribution in [2.45, 2.75) is 45.8 Å². The van der Waals surface area contributed by atoms with Crippen molar-refractivity contribution in [3.05, 3.63) is 83.6 Å². The van der Waals surface area contributed by atoms with Crippen molar-refractivity contribution in [2.24, 2.45) is 0 Å². The number of aromatic nitrogens is 4. The van der Waals surface area contributed by atoms with Crippen molar-refractivity contribution in [1.29, 1.82) is 0 Å². The van der Waals surface area contributed by atoms with Crippen molar-refractivity contribution >= 4 is 17.5 Å². The second-order valence-corrected chi connectivity index (χ2v) is 9.49. The Hall–Kier alpha value is -4.41. The van der Waals surface area contributed by atoms with Gasteiger partial charge in [0, 0.05) is 11.2 Å². The zero-order valence-electron chi connectivity index (χ0n) is 20.8. The predicted molar refractivity (Wildman–Crippen MR) is 131 cm³/mol. The summed E-state index contributed by atoms with van der Waals surface area (Å²) in [4.78, 5) is 29.6. The molecule has 0 aliphatic heterocycles. The lowest BCUT2D eigenvalue weighted by atomic mass is 10.0. The molecule has 0 unspecified atom stereocenters. The lowest BCUT2D eigenvalue weighted by Gasteiger charge is -2.33. The van der Waals surface area contributed by atoms with Gasteiger partial charge in [0.05, 0.1) is 0 Å². The highest BCUT2D eigenvalue weighted by atomic mass is 19.1. The Bertz CT molecular complexity index is 1390. The third-order valence-corrected chi connectivity index (χ3v) is 5.25. The average molecular weight is 509 g/mol. The SMILES string of the molecule is Cc1ccc(-c2nnn(CC(=O)N(c3ccc(F)cc3)[C@@H](C(=O)NC(C)(C)C)c3ccc(F)cc3)n2)o1. The third-order valence-electron chi connectivity index (χ3n) is 5.25. The van der Waals surface area contributed by atoms with Gasteiger partial charge in [0.25, 0.3) is 5.91 Å². The smallest absolute Gasteiger partial charge is 0.251 e. The normalized spacial score (nSPS) is 12.3. The second kappa shape index (κ2) is 10.3. The molecule has 1 N–H and O–H groups in total. The van der Waals surface area contributed by atoms with Gasteiger partial charge in [-0.05, 0) is 87.0 Å². The number of furan rings is 1. The first kappa shape index (κ1) is 25.7. The first-order valence-corrected chi connectivity index (χ1v) is 11.5. The number of anilines is 1. The minimum atomic E-state index is -1.20. The van der Waals surface area contributed by atoms with E-state index in [-0.39, 0.29) is 18.1 Å². The quantitative estimate of drug-likeness (QED) is 0.401. The molecule has 11 heteroatoms. The topological polar surface area (TPSA) is 106 Å². The van der Waals surface area contributed by atoms with Crippen molar-refractivity contribution in [3.63, 3.8) is 0 Å². The number of hydrogen-bond acceptors (Lipinski definition) is 6. The van der Waals surface area contributed by atoms with Crippen LogP contribution in [-0.2, 0) is 16.1 Å². The molecular weight excluding hydrogens is 482 g/mol. The molecule has 2 amide bonds. The molecule has 0 aliphatic carbocycles. The van der Waals surface area contributed by atoms with E-state index in [2.05, 4.69) is 20.7 Å². The number of halogens is 2. The van der Waals surface area contributed by atoms with E-state index in [0.29, 0.717) is 17.1 Å². The molecule has 0 saturated heterocycles. The van der Waals surface area contributed by atoms with Crippen LogP contribution in [0.15, 0.2) is 65.1 Å². The number of nitrogens with zero attached hydrogens (tertiary/aromatic N) is 5. The fourth-order valence-electron chi connectivity index (χ4n) is 3.70. The molecule has 192 valence electrons. The van der Waals surface area contributed by atoms with Crippen LogP contribution in [0, 0.1) is 18.6 Å². The summed E-state index contributed by atoms with van der Waals surface area (Å²) in [6.45, 7) is 6.79. The molecule has 0 bridgehead atoms. The number of hydrogen-bond donors (Lipinski definition) is 1. The lowest BCUT2D eigenvalue weighted by molar-refractivity contribution is -0.128. The molecule has 0 saturated carbocycles. The molecule has 2 heterocycles. The number of carbonyl (C=O) groups is 2. The summed E-state index contributed by atoms with van der Waals surface area (Å²) >= 11 is 0. The minimum absolute atomic E-state index is 0.190. The maximum atomic E-state index is 13.7. The molecule has 2 aromatic heterocycles. The van der Waals surface area contributed by atoms with Crippen molar-refractivity contribution < 1.29 is 22.8 Å². The van der Waals surface area contributed by atoms with Gasteiger partial charge in [-0.15, -0.1) is 10.2 Å². The highest BCUT2D eigenvalue weighted by molar-refractivity contribution is 6.01. The Labute approximate surface area is 212 Å². The van der Waals surface area contributed by atoms with Gasteiger partial charge in [0.15, 0.2) is 5.76 Å². The highest BCUT2D eigenvalue weighted by Crippen LogP contribution is 2.29. The first-order valence-electron chi connectivity index (χ1n) is 11.5. The van der Waals surface area contributed by atoms with Gasteiger partial charge in [-0.3, -0.25) is 14.5 Å². The van der Waals surface area contributed by atoms with Crippen LogP contribution in [0.3, 0.4) is 0 Å². The molecule has 37 heavy (non-hydrogen) atoms. The van der Waals surface area contributed by atoms with E-state index in [4.69, 9.17) is 4.42 Å². The minimum Gasteiger partial charge on any atom is -0.458 e. The number of aryl methyl sites for hydroxylation is 1. The van der Waals surface area contributed by atoms with Crippen LogP contribution >= 0.6 is 0 Å². The van der Waals surface area contributed by atoms with E-state index in [0.717, 1.165) is 4.80 Å². The Kier molecular flexibility index (Phi) is 7.14. The van der Waals surface area contributed by atoms with Gasteiger partial charge in [0.2, 0.25) is 11.7 Å². The third kappa shape index (κ3) is 6.24.